The van der Waals surface area contributed by atoms with Crippen molar-refractivity contribution in [1.29, 1.82) is 0 Å². The van der Waals surface area contributed by atoms with Crippen molar-refractivity contribution < 1.29 is 58.2 Å². The minimum absolute atomic E-state index is 0.0277. The lowest BCUT2D eigenvalue weighted by Gasteiger charge is -2.30. The number of aromatic hydroxyl groups is 1. The molecule has 2 fully saturated rings. The third-order valence-corrected chi connectivity index (χ3v) is 16.5. The molecule has 478 valence electrons. The number of nitrogens with two attached hydrogens (primary N) is 2. The van der Waals surface area contributed by atoms with Crippen LogP contribution < -0.4 is 38.1 Å². The Morgan fingerprint density at radius 3 is 1.99 bits per heavy atom. The highest BCUT2D eigenvalue weighted by Gasteiger charge is 2.40. The van der Waals surface area contributed by atoms with E-state index in [0.717, 1.165) is 16.5 Å². The van der Waals surface area contributed by atoms with Gasteiger partial charge in [-0.05, 0) is 111 Å². The number of nitrogens with one attached hydrogen (secondary N) is 6. The van der Waals surface area contributed by atoms with Gasteiger partial charge in [-0.1, -0.05) is 95.7 Å². The number of amides is 6. The van der Waals surface area contributed by atoms with E-state index < -0.39 is 108 Å². The molecule has 0 spiro atoms. The van der Waals surface area contributed by atoms with Gasteiger partial charge in [0, 0.05) is 86.5 Å². The number of phenols is 1. The summed E-state index contributed by atoms with van der Waals surface area (Å²) in [6.07, 6.45) is 9.53. The fraction of sp³-hybridized carbons (Fsp3) is 0.561. The summed E-state index contributed by atoms with van der Waals surface area (Å²) in [6.45, 7) is 11.1. The first-order valence-electron chi connectivity index (χ1n) is 31.1. The molecule has 22 heteroatoms. The molecular formula is C66H92N10O12. The second-order valence-corrected chi connectivity index (χ2v) is 25.2. The quantitative estimate of drug-likeness (QED) is 0.0216. The Hall–Kier alpha value is -8.01. The zero-order valence-corrected chi connectivity index (χ0v) is 51.8. The Bertz CT molecular complexity index is 3050. The molecule has 2 aromatic carbocycles. The smallest absolute Gasteiger partial charge is 0.243 e. The van der Waals surface area contributed by atoms with Crippen LogP contribution in [0.1, 0.15) is 143 Å². The van der Waals surface area contributed by atoms with Crippen molar-refractivity contribution in [3.05, 3.63) is 89.7 Å². The second kappa shape index (κ2) is 33.4. The van der Waals surface area contributed by atoms with Crippen molar-refractivity contribution in [2.45, 2.75) is 181 Å². The summed E-state index contributed by atoms with van der Waals surface area (Å²) in [5.74, 6) is -8.18. The zero-order chi connectivity index (χ0) is 64.2. The van der Waals surface area contributed by atoms with E-state index in [4.69, 9.17) is 11.5 Å². The van der Waals surface area contributed by atoms with Crippen LogP contribution in [0, 0.1) is 35.5 Å². The number of phenolic OH excluding ortho intramolecular Hbond substituents is 1. The highest BCUT2D eigenvalue weighted by Crippen LogP contribution is 2.29. The lowest BCUT2D eigenvalue weighted by Crippen LogP contribution is -2.58. The van der Waals surface area contributed by atoms with E-state index in [0.29, 0.717) is 49.8 Å². The van der Waals surface area contributed by atoms with Gasteiger partial charge in [0.2, 0.25) is 35.4 Å². The molecule has 0 radical (unpaired) electrons. The molecule has 1 aliphatic carbocycles. The summed E-state index contributed by atoms with van der Waals surface area (Å²) < 4.78 is 0. The monoisotopic (exact) mass is 1220 g/mol. The number of aliphatic hydroxyl groups excluding tert-OH is 1. The first kappa shape index (κ1) is 69.1. The minimum atomic E-state index is -1.59. The number of hydrogen-bond acceptors (Lipinski definition) is 13. The average molecular weight is 1220 g/mol. The predicted molar refractivity (Wildman–Crippen MR) is 334 cm³/mol. The molecule has 2 aliphatic heterocycles. The number of aliphatic hydroxyl groups is 1. The van der Waals surface area contributed by atoms with Gasteiger partial charge in [-0.15, -0.1) is 0 Å². The summed E-state index contributed by atoms with van der Waals surface area (Å²) in [7, 11) is 0. The third kappa shape index (κ3) is 20.8. The molecule has 0 bridgehead atoms. The molecule has 22 nitrogen and oxygen atoms in total. The highest BCUT2D eigenvalue weighted by molar-refractivity contribution is 5.99. The number of allylic oxidation sites excluding steroid dienone is 3. The number of aliphatic imine (C=N–C) groups is 1. The molecule has 9 atom stereocenters. The van der Waals surface area contributed by atoms with Gasteiger partial charge < -0.3 is 58.1 Å². The zero-order valence-electron chi connectivity index (χ0n) is 51.8. The largest absolute Gasteiger partial charge is 0.508 e. The number of nitrogens with zero attached hydrogens (tertiary/aromatic N) is 2. The number of ketones is 4. The maximum Gasteiger partial charge on any atom is 0.243 e. The van der Waals surface area contributed by atoms with Crippen molar-refractivity contribution in [2.75, 3.05) is 19.7 Å². The molecule has 6 rings (SSSR count). The van der Waals surface area contributed by atoms with Crippen LogP contribution in [0.3, 0.4) is 0 Å². The Labute approximate surface area is 515 Å². The third-order valence-electron chi connectivity index (χ3n) is 16.5. The molecule has 0 saturated carbocycles. The molecule has 12 N–H and O–H groups in total. The average Bonchev–Trinajstić information content (AvgIpc) is 2.38. The van der Waals surface area contributed by atoms with E-state index in [9.17, 15) is 58.2 Å². The lowest BCUT2D eigenvalue weighted by molar-refractivity contribution is -0.143. The number of hydrogen-bond donors (Lipinski definition) is 10. The maximum absolute atomic E-state index is 14.9. The summed E-state index contributed by atoms with van der Waals surface area (Å²) in [4.78, 5) is 150. The topological polar surface area (TPSA) is 355 Å². The van der Waals surface area contributed by atoms with Crippen LogP contribution in [-0.4, -0.2) is 141 Å². The molecule has 0 unspecified atom stereocenters. The molecule has 88 heavy (non-hydrogen) atoms. The van der Waals surface area contributed by atoms with Gasteiger partial charge in [-0.2, -0.15) is 0 Å². The molecular weight excluding hydrogens is 1120 g/mol. The van der Waals surface area contributed by atoms with Gasteiger partial charge in [-0.25, -0.2) is 0 Å². The van der Waals surface area contributed by atoms with E-state index in [-0.39, 0.29) is 118 Å². The van der Waals surface area contributed by atoms with Crippen molar-refractivity contribution in [3.63, 3.8) is 0 Å². The summed E-state index contributed by atoms with van der Waals surface area (Å²) in [5, 5.41) is 35.6. The van der Waals surface area contributed by atoms with E-state index >= 15 is 0 Å². The Morgan fingerprint density at radius 2 is 1.35 bits per heavy atom. The number of aromatic nitrogens is 1. The summed E-state index contributed by atoms with van der Waals surface area (Å²) >= 11 is 0. The van der Waals surface area contributed by atoms with E-state index in [2.05, 4.69) is 36.6 Å². The number of carbonyl (C=O) groups excluding carboxylic acids is 10. The number of Topliss-reactive ketones (excluding diaryl/α,β-unsaturated/α-hetero) is 4. The number of guanidine groups is 1. The molecule has 3 aliphatic rings. The number of likely N-dealkylation sites (tertiary alicyclic amines) is 1. The highest BCUT2D eigenvalue weighted by atomic mass is 16.3. The predicted octanol–water partition coefficient (Wildman–Crippen LogP) is 4.62. The second-order valence-electron chi connectivity index (χ2n) is 25.2. The SMILES string of the molecule is CC(C)CC(=O)[C@@H]1CCCN1C(=O)[C@H](CCCN=C(N)N)CC(=O)[C@H](CC(C)C)NC(=O)[C@H](CC(=O)[C@@H](CC(=O)[C@H](CO)NC(=O)[C@H](Cc1c[nH]c2ccccc12)NC(=O)[C@H](CC1=CC=CC1)NC(=O)[C@@H]1CCC(=O)N1)Cc1ccc(O)cc1)CC(C)C. The molecule has 3 heterocycles. The van der Waals surface area contributed by atoms with E-state index in [1.807, 2.05) is 84.0 Å². The van der Waals surface area contributed by atoms with Crippen LogP contribution in [0.4, 0.5) is 0 Å². The fourth-order valence-electron chi connectivity index (χ4n) is 12.0. The van der Waals surface area contributed by atoms with Crippen LogP contribution in [0.5, 0.6) is 5.75 Å². The van der Waals surface area contributed by atoms with Gasteiger partial charge in [0.1, 0.15) is 35.7 Å². The number of fused-ring (bicyclic) bond motifs is 1. The first-order chi connectivity index (χ1) is 41.9. The maximum atomic E-state index is 14.9. The number of rotatable bonds is 36. The summed E-state index contributed by atoms with van der Waals surface area (Å²) in [6, 6.07) is 6.73. The minimum Gasteiger partial charge on any atom is -0.508 e. The molecule has 1 aromatic heterocycles. The van der Waals surface area contributed by atoms with Crippen LogP contribution in [0.2, 0.25) is 0 Å². The van der Waals surface area contributed by atoms with Crippen LogP contribution in [0.15, 0.2) is 83.5 Å². The van der Waals surface area contributed by atoms with Crippen molar-refractivity contribution in [2.24, 2.45) is 52.0 Å². The Morgan fingerprint density at radius 1 is 0.705 bits per heavy atom. The Balaban J connectivity index is 1.22. The van der Waals surface area contributed by atoms with Gasteiger partial charge >= 0.3 is 0 Å². The summed E-state index contributed by atoms with van der Waals surface area (Å²) in [5.41, 5.74) is 14.0. The van der Waals surface area contributed by atoms with Gasteiger partial charge in [0.15, 0.2) is 23.3 Å². The number of H-pyrrole nitrogens is 1. The number of benzene rings is 2. The van der Waals surface area contributed by atoms with E-state index in [1.165, 1.54) is 12.1 Å². The standard InChI is InChI=1S/C66H92N10O12/c1-38(2)27-45(61(84)72-51(28-39(3)4)57(80)33-43(15-11-25-69-66(67)68)65(88)76-26-12-18-55(76)59(82)29-40(5)6)35-56(79)44(30-42-19-21-47(78)22-20-42)34-58(81)54(37-77)75-64(87)53(32-46-36-70-49-17-10-9-16-48(46)49)74-63(86)52(31-41-13-7-8-14-41)73-62(85)50-23-24-60(83)71-50/h7-10,13,16-17,19-22,36,38-40,43-45,50-55,70,77-78H,11-12,14-15,18,23-35,37H2,1-6H3,(H,71,83)(H,72,84)(H,73,85)(H,74,86)(H,75,87)(H4,67,68,69)/t43-,44-,45+,50+,51+,52+,53+,54+,55+/m1/s1. The number of carbonyl (C=O) groups is 10. The first-order valence-corrected chi connectivity index (χ1v) is 31.1. The number of aromatic amines is 1. The normalized spacial score (nSPS) is 18.0. The van der Waals surface area contributed by atoms with E-state index in [1.54, 1.807) is 23.2 Å². The van der Waals surface area contributed by atoms with Crippen molar-refractivity contribution >= 4 is 75.4 Å². The Kier molecular flexibility index (Phi) is 26.2. The van der Waals surface area contributed by atoms with Crippen molar-refractivity contribution in [1.82, 2.24) is 36.5 Å². The van der Waals surface area contributed by atoms with Crippen LogP contribution in [-0.2, 0) is 60.8 Å². The van der Waals surface area contributed by atoms with Crippen LogP contribution in [0.25, 0.3) is 10.9 Å². The van der Waals surface area contributed by atoms with Gasteiger partial charge in [-0.3, -0.25) is 52.9 Å². The van der Waals surface area contributed by atoms with Gasteiger partial charge in [0.05, 0.1) is 18.7 Å². The van der Waals surface area contributed by atoms with Crippen molar-refractivity contribution in [3.8, 4) is 5.75 Å². The lowest BCUT2D eigenvalue weighted by atomic mass is 9.82. The van der Waals surface area contributed by atoms with Gasteiger partial charge in [0.25, 0.3) is 0 Å². The molecule has 3 aromatic rings. The molecule has 2 saturated heterocycles. The molecule has 6 amide bonds. The fourth-order valence-corrected chi connectivity index (χ4v) is 12.0. The van der Waals surface area contributed by atoms with Crippen LogP contribution >= 0.6 is 0 Å². The number of para-hydroxylation sites is 1.